The van der Waals surface area contributed by atoms with Gasteiger partial charge < -0.3 is 24.5 Å². The molecule has 10 nitrogen and oxygen atoms in total. The number of carbonyl (C=O) groups is 2. The lowest BCUT2D eigenvalue weighted by atomic mass is 10.0. The normalized spacial score (nSPS) is 12.0. The third-order valence-corrected chi connectivity index (χ3v) is 5.68. The maximum absolute atomic E-state index is 13.3. The molecular formula is C27H37N5O5. The first-order valence-electron chi connectivity index (χ1n) is 12.5. The molecule has 0 fully saturated rings. The summed E-state index contributed by atoms with van der Waals surface area (Å²) in [4.78, 5) is 29.9. The molecule has 2 amide bonds. The van der Waals surface area contributed by atoms with Crippen LogP contribution in [0.1, 0.15) is 56.9 Å². The van der Waals surface area contributed by atoms with Crippen LogP contribution in [0.5, 0.6) is 11.5 Å². The highest BCUT2D eigenvalue weighted by molar-refractivity contribution is 5.94. The molecule has 0 saturated heterocycles. The van der Waals surface area contributed by atoms with Gasteiger partial charge >= 0.3 is 0 Å². The van der Waals surface area contributed by atoms with Crippen molar-refractivity contribution >= 4 is 11.8 Å². The van der Waals surface area contributed by atoms with E-state index >= 15 is 0 Å². The highest BCUT2D eigenvalue weighted by Crippen LogP contribution is 2.38. The molecule has 200 valence electrons. The summed E-state index contributed by atoms with van der Waals surface area (Å²) in [6, 6.07) is 6.92. The van der Waals surface area contributed by atoms with E-state index in [0.29, 0.717) is 30.4 Å². The minimum Gasteiger partial charge on any atom is -0.496 e. The zero-order valence-electron chi connectivity index (χ0n) is 22.4. The molecule has 1 unspecified atom stereocenters. The topological polar surface area (TPSA) is 121 Å². The van der Waals surface area contributed by atoms with Gasteiger partial charge in [-0.05, 0) is 36.5 Å². The molecular weight excluding hydrogens is 474 g/mol. The minimum absolute atomic E-state index is 0.129. The highest BCUT2D eigenvalue weighted by Gasteiger charge is 2.24. The van der Waals surface area contributed by atoms with Gasteiger partial charge in [-0.1, -0.05) is 33.8 Å². The van der Waals surface area contributed by atoms with Crippen LogP contribution in [-0.2, 0) is 17.9 Å². The first-order chi connectivity index (χ1) is 17.7. The van der Waals surface area contributed by atoms with Crippen LogP contribution in [0.2, 0.25) is 0 Å². The Bertz CT molecular complexity index is 1150. The minimum atomic E-state index is -0.364. The zero-order chi connectivity index (χ0) is 26.9. The number of carbonyl (C=O) groups excluding carboxylic acids is 2. The summed E-state index contributed by atoms with van der Waals surface area (Å²) in [7, 11) is 3.19. The summed E-state index contributed by atoms with van der Waals surface area (Å²) in [6.07, 6.45) is 3.75. The Morgan fingerprint density at radius 2 is 1.78 bits per heavy atom. The van der Waals surface area contributed by atoms with Gasteiger partial charge in [0.25, 0.3) is 5.91 Å². The lowest BCUT2D eigenvalue weighted by Crippen LogP contribution is -2.40. The average Bonchev–Trinajstić information content (AvgIpc) is 3.51. The first-order valence-corrected chi connectivity index (χ1v) is 12.5. The summed E-state index contributed by atoms with van der Waals surface area (Å²) in [5, 5.41) is 10.4. The fraction of sp³-hybridized carbons (Fsp3) is 0.481. The van der Waals surface area contributed by atoms with Crippen LogP contribution in [-0.4, -0.2) is 46.8 Å². The van der Waals surface area contributed by atoms with Crippen molar-refractivity contribution in [3.63, 3.8) is 0 Å². The van der Waals surface area contributed by atoms with E-state index in [0.717, 1.165) is 11.3 Å². The molecule has 0 spiro atoms. The number of ether oxygens (including phenoxy) is 2. The molecule has 1 atom stereocenters. The molecule has 2 heterocycles. The Labute approximate surface area is 217 Å². The molecule has 0 aliphatic rings. The SMILES string of the molecule is COc1cccc(OC)c1-c1cc(C(=O)NC(CC(=O)NCc2ncco2)CC(C)C)nn1CC(C)C. The Morgan fingerprint density at radius 3 is 2.35 bits per heavy atom. The van der Waals surface area contributed by atoms with Crippen LogP contribution in [0.15, 0.2) is 41.1 Å². The van der Waals surface area contributed by atoms with Gasteiger partial charge in [0, 0.05) is 19.0 Å². The number of methoxy groups -OCH3 is 2. The van der Waals surface area contributed by atoms with Gasteiger partial charge in [0.05, 0.1) is 38.2 Å². The molecule has 3 rings (SSSR count). The fourth-order valence-corrected chi connectivity index (χ4v) is 4.15. The smallest absolute Gasteiger partial charge is 0.272 e. The van der Waals surface area contributed by atoms with Crippen LogP contribution in [0.4, 0.5) is 0 Å². The Hall–Kier alpha value is -3.82. The number of nitrogens with one attached hydrogen (secondary N) is 2. The lowest BCUT2D eigenvalue weighted by Gasteiger charge is -2.19. The standard InChI is InChI=1S/C27H37N5O5/c1-17(2)12-19(13-24(33)29-15-25-28-10-11-37-25)30-27(34)20-14-21(32(31-20)16-18(3)4)26-22(35-5)8-7-9-23(26)36-6/h7-11,14,17-19H,12-13,15-16H2,1-6H3,(H,29,33)(H,30,34). The molecule has 37 heavy (non-hydrogen) atoms. The van der Waals surface area contributed by atoms with E-state index in [1.807, 2.05) is 32.0 Å². The number of benzene rings is 1. The lowest BCUT2D eigenvalue weighted by molar-refractivity contribution is -0.121. The molecule has 1 aromatic carbocycles. The second-order valence-electron chi connectivity index (χ2n) is 9.73. The van der Waals surface area contributed by atoms with E-state index in [1.165, 1.54) is 12.5 Å². The third kappa shape index (κ3) is 7.58. The molecule has 3 aromatic rings. The Balaban J connectivity index is 1.84. The van der Waals surface area contributed by atoms with Crippen molar-refractivity contribution in [2.45, 2.75) is 59.7 Å². The summed E-state index contributed by atoms with van der Waals surface area (Å²) >= 11 is 0. The average molecular weight is 512 g/mol. The Morgan fingerprint density at radius 1 is 1.08 bits per heavy atom. The first kappa shape index (κ1) is 27.8. The number of amides is 2. The monoisotopic (exact) mass is 511 g/mol. The van der Waals surface area contributed by atoms with E-state index in [9.17, 15) is 9.59 Å². The largest absolute Gasteiger partial charge is 0.496 e. The predicted molar refractivity (Wildman–Crippen MR) is 139 cm³/mol. The molecule has 2 N–H and O–H groups in total. The maximum atomic E-state index is 13.3. The van der Waals surface area contributed by atoms with Crippen molar-refractivity contribution in [3.8, 4) is 22.8 Å². The zero-order valence-corrected chi connectivity index (χ0v) is 22.4. The van der Waals surface area contributed by atoms with Crippen LogP contribution in [0.25, 0.3) is 11.3 Å². The quantitative estimate of drug-likeness (QED) is 0.355. The maximum Gasteiger partial charge on any atom is 0.272 e. The number of aromatic nitrogens is 3. The van der Waals surface area contributed by atoms with Crippen molar-refractivity contribution in [1.82, 2.24) is 25.4 Å². The van der Waals surface area contributed by atoms with E-state index in [1.54, 1.807) is 25.0 Å². The van der Waals surface area contributed by atoms with Gasteiger partial charge in [0.2, 0.25) is 11.8 Å². The van der Waals surface area contributed by atoms with Gasteiger partial charge in [0.15, 0.2) is 5.69 Å². The Kier molecular flexibility index (Phi) is 9.71. The summed E-state index contributed by atoms with van der Waals surface area (Å²) < 4.78 is 18.2. The molecule has 0 saturated carbocycles. The fourth-order valence-electron chi connectivity index (χ4n) is 4.15. The number of oxazole rings is 1. The number of rotatable bonds is 13. The molecule has 10 heteroatoms. The number of hydrogen-bond acceptors (Lipinski definition) is 7. The summed E-state index contributed by atoms with van der Waals surface area (Å²) in [6.45, 7) is 9.06. The number of hydrogen-bond donors (Lipinski definition) is 2. The van der Waals surface area contributed by atoms with Gasteiger partial charge in [-0.15, -0.1) is 0 Å². The van der Waals surface area contributed by atoms with Gasteiger partial charge in [-0.3, -0.25) is 14.3 Å². The van der Waals surface area contributed by atoms with Crippen LogP contribution < -0.4 is 20.1 Å². The van der Waals surface area contributed by atoms with Gasteiger partial charge in [0.1, 0.15) is 17.8 Å². The summed E-state index contributed by atoms with van der Waals surface area (Å²) in [5.74, 6) is 1.69. The third-order valence-electron chi connectivity index (χ3n) is 5.68. The van der Waals surface area contributed by atoms with Crippen molar-refractivity contribution in [3.05, 3.63) is 48.3 Å². The molecule has 0 aliphatic carbocycles. The van der Waals surface area contributed by atoms with Crippen LogP contribution >= 0.6 is 0 Å². The van der Waals surface area contributed by atoms with Crippen molar-refractivity contribution < 1.29 is 23.5 Å². The van der Waals surface area contributed by atoms with Crippen LogP contribution in [0.3, 0.4) is 0 Å². The number of nitrogens with zero attached hydrogens (tertiary/aromatic N) is 3. The predicted octanol–water partition coefficient (Wildman–Crippen LogP) is 4.06. The second-order valence-corrected chi connectivity index (χ2v) is 9.73. The molecule has 0 aliphatic heterocycles. The van der Waals surface area contributed by atoms with E-state index in [4.69, 9.17) is 13.9 Å². The molecule has 0 radical (unpaired) electrons. The van der Waals surface area contributed by atoms with Gasteiger partial charge in [-0.2, -0.15) is 5.10 Å². The second kappa shape index (κ2) is 12.9. The van der Waals surface area contributed by atoms with Crippen LogP contribution in [0, 0.1) is 11.8 Å². The van der Waals surface area contributed by atoms with E-state index in [2.05, 4.69) is 34.6 Å². The van der Waals surface area contributed by atoms with E-state index in [-0.39, 0.29) is 48.4 Å². The van der Waals surface area contributed by atoms with Crippen molar-refractivity contribution in [1.29, 1.82) is 0 Å². The van der Waals surface area contributed by atoms with Gasteiger partial charge in [-0.25, -0.2) is 4.98 Å². The molecule has 2 aromatic heterocycles. The van der Waals surface area contributed by atoms with Crippen molar-refractivity contribution in [2.24, 2.45) is 11.8 Å². The molecule has 0 bridgehead atoms. The van der Waals surface area contributed by atoms with E-state index < -0.39 is 0 Å². The summed E-state index contributed by atoms with van der Waals surface area (Å²) in [5.41, 5.74) is 1.71. The highest BCUT2D eigenvalue weighted by atomic mass is 16.5. The van der Waals surface area contributed by atoms with Crippen molar-refractivity contribution in [2.75, 3.05) is 14.2 Å².